The van der Waals surface area contributed by atoms with Crippen LogP contribution >= 0.6 is 0 Å². The highest BCUT2D eigenvalue weighted by Gasteiger charge is 2.82. The fourth-order valence-electron chi connectivity index (χ4n) is 2.08. The first-order valence-corrected chi connectivity index (χ1v) is 4.26. The van der Waals surface area contributed by atoms with Crippen LogP contribution in [0, 0.1) is 0 Å². The SMILES string of the molecule is COC12c3ccccc3C(=O)[NH+]1N2F.[Cl-]. The van der Waals surface area contributed by atoms with Gasteiger partial charge in [0, 0.05) is 7.11 Å². The molecule has 0 aliphatic carbocycles. The molecule has 1 fully saturated rings. The second kappa shape index (κ2) is 2.99. The van der Waals surface area contributed by atoms with Crippen LogP contribution in [0.5, 0.6) is 0 Å². The first-order valence-electron chi connectivity index (χ1n) is 4.26. The number of nitrogens with zero attached hydrogens (tertiary/aromatic N) is 1. The Morgan fingerprint density at radius 3 is 2.80 bits per heavy atom. The van der Waals surface area contributed by atoms with Crippen LogP contribution in [0.2, 0.25) is 0 Å². The second-order valence-corrected chi connectivity index (χ2v) is 3.35. The number of carbonyl (C=O) groups excluding carboxylic acids is 1. The molecule has 2 aliphatic rings. The number of ether oxygens (including phenoxy) is 1. The Hall–Kier alpha value is -1.01. The predicted molar refractivity (Wildman–Crippen MR) is 43.4 cm³/mol. The number of carbonyl (C=O) groups is 1. The number of fused-ring (bicyclic) bond motifs is 3. The van der Waals surface area contributed by atoms with Crippen LogP contribution in [-0.4, -0.2) is 18.2 Å². The van der Waals surface area contributed by atoms with E-state index in [0.29, 0.717) is 16.4 Å². The molecule has 15 heavy (non-hydrogen) atoms. The Morgan fingerprint density at radius 1 is 1.47 bits per heavy atom. The monoisotopic (exact) mass is 230 g/mol. The van der Waals surface area contributed by atoms with Crippen molar-refractivity contribution in [3.8, 4) is 0 Å². The smallest absolute Gasteiger partial charge is 0.393 e. The molecule has 2 aliphatic heterocycles. The number of benzene rings is 1. The number of quaternary nitrogens is 1. The largest absolute Gasteiger partial charge is 1.00 e. The molecule has 3 rings (SSSR count). The quantitative estimate of drug-likeness (QED) is 0.404. The summed E-state index contributed by atoms with van der Waals surface area (Å²) in [5, 5.41) is 0.485. The zero-order valence-electron chi connectivity index (χ0n) is 7.83. The van der Waals surface area contributed by atoms with Crippen LogP contribution in [-0.2, 0) is 10.6 Å². The van der Waals surface area contributed by atoms with Crippen LogP contribution in [0.4, 0.5) is 4.48 Å². The van der Waals surface area contributed by atoms with Crippen molar-refractivity contribution in [2.24, 2.45) is 0 Å². The molecule has 0 spiro atoms. The molecule has 1 aromatic carbocycles. The van der Waals surface area contributed by atoms with Crippen LogP contribution in [0.15, 0.2) is 24.3 Å². The van der Waals surface area contributed by atoms with Crippen LogP contribution in [0.3, 0.4) is 0 Å². The highest BCUT2D eigenvalue weighted by atomic mass is 35.5. The van der Waals surface area contributed by atoms with Gasteiger partial charge in [0.1, 0.15) is 5.23 Å². The van der Waals surface area contributed by atoms with E-state index in [9.17, 15) is 9.28 Å². The van der Waals surface area contributed by atoms with E-state index in [1.165, 1.54) is 7.11 Å². The predicted octanol–water partition coefficient (Wildman–Crippen LogP) is -3.40. The summed E-state index contributed by atoms with van der Waals surface area (Å²) in [6.45, 7) is 0. The van der Waals surface area contributed by atoms with E-state index in [1.54, 1.807) is 24.3 Å². The standard InChI is InChI=1S/C9H7FN2O2.ClH/c1-14-9-7-5-3-2-4-6(7)8(13)11(9)12(9)10;/h2-5H,1H3;1H. The van der Waals surface area contributed by atoms with Gasteiger partial charge in [-0.2, -0.15) is 0 Å². The fraction of sp³-hybridized carbons (Fsp3) is 0.222. The third-order valence-corrected chi connectivity index (χ3v) is 2.79. The van der Waals surface area contributed by atoms with Gasteiger partial charge in [0.2, 0.25) is 0 Å². The summed E-state index contributed by atoms with van der Waals surface area (Å²) in [4.78, 5) is 11.6. The maximum Gasteiger partial charge on any atom is 0.393 e. The summed E-state index contributed by atoms with van der Waals surface area (Å²) in [5.74, 6) is -1.47. The molecule has 1 saturated heterocycles. The number of amides is 1. The molecule has 6 heteroatoms. The maximum atomic E-state index is 13.3. The van der Waals surface area contributed by atoms with Crippen LogP contribution in [0.25, 0.3) is 0 Å². The van der Waals surface area contributed by atoms with Crippen molar-refractivity contribution in [2.45, 2.75) is 5.85 Å². The van der Waals surface area contributed by atoms with Crippen molar-refractivity contribution in [3.63, 3.8) is 0 Å². The lowest BCUT2D eigenvalue weighted by atomic mass is 10.1. The lowest BCUT2D eigenvalue weighted by Crippen LogP contribution is -3.00. The molecule has 0 saturated carbocycles. The van der Waals surface area contributed by atoms with Gasteiger partial charge in [0.25, 0.3) is 0 Å². The topological polar surface area (TPSA) is 33.8 Å². The molecule has 1 N–H and O–H groups in total. The highest BCUT2D eigenvalue weighted by molar-refractivity contribution is 5.93. The van der Waals surface area contributed by atoms with E-state index in [-0.39, 0.29) is 23.3 Å². The molecule has 1 amide bonds. The van der Waals surface area contributed by atoms with E-state index < -0.39 is 5.85 Å². The van der Waals surface area contributed by atoms with Crippen LogP contribution < -0.4 is 17.4 Å². The zero-order chi connectivity index (χ0) is 9.92. The van der Waals surface area contributed by atoms with E-state index in [1.807, 2.05) is 0 Å². The maximum absolute atomic E-state index is 13.3. The molecule has 3 unspecified atom stereocenters. The number of nitrogens with one attached hydrogen (secondary N) is 1. The highest BCUT2D eigenvalue weighted by Crippen LogP contribution is 2.38. The van der Waals surface area contributed by atoms with Gasteiger partial charge in [-0.05, 0) is 12.1 Å². The molecule has 2 heterocycles. The third kappa shape index (κ3) is 0.934. The summed E-state index contributed by atoms with van der Waals surface area (Å²) in [6.07, 6.45) is 0. The second-order valence-electron chi connectivity index (χ2n) is 3.35. The third-order valence-electron chi connectivity index (χ3n) is 2.79. The number of rotatable bonds is 1. The van der Waals surface area contributed by atoms with Crippen molar-refractivity contribution in [1.29, 1.82) is 0 Å². The van der Waals surface area contributed by atoms with Gasteiger partial charge in [-0.15, -0.1) is 0 Å². The van der Waals surface area contributed by atoms with E-state index in [2.05, 4.69) is 0 Å². The molecule has 4 nitrogen and oxygen atoms in total. The Bertz CT molecular complexity index is 442. The van der Waals surface area contributed by atoms with Gasteiger partial charge >= 0.3 is 11.8 Å². The first-order chi connectivity index (χ1) is 6.73. The minimum absolute atomic E-state index is 0. The van der Waals surface area contributed by atoms with Crippen molar-refractivity contribution >= 4 is 5.91 Å². The molecular weight excluding hydrogens is 223 g/mol. The molecule has 0 aromatic heterocycles. The van der Waals surface area contributed by atoms with Gasteiger partial charge in [-0.1, -0.05) is 21.6 Å². The van der Waals surface area contributed by atoms with Gasteiger partial charge in [-0.3, -0.25) is 0 Å². The molecule has 1 aromatic rings. The van der Waals surface area contributed by atoms with Crippen LogP contribution in [0.1, 0.15) is 15.9 Å². The number of methoxy groups -OCH3 is 1. The minimum Gasteiger partial charge on any atom is -1.00 e. The molecule has 80 valence electrons. The molecular formula is C9H8ClFN2O2. The van der Waals surface area contributed by atoms with Crippen molar-refractivity contribution in [2.75, 3.05) is 7.11 Å². The van der Waals surface area contributed by atoms with Gasteiger partial charge < -0.3 is 17.1 Å². The van der Waals surface area contributed by atoms with E-state index in [4.69, 9.17) is 4.74 Å². The van der Waals surface area contributed by atoms with Crippen molar-refractivity contribution in [1.82, 2.24) is 5.23 Å². The van der Waals surface area contributed by atoms with E-state index in [0.717, 1.165) is 0 Å². The average Bonchev–Trinajstić information content (AvgIpc) is 2.73. The Kier molecular flexibility index (Phi) is 2.09. The lowest BCUT2D eigenvalue weighted by molar-refractivity contribution is -0.801. The lowest BCUT2D eigenvalue weighted by Gasteiger charge is -2.01. The normalized spacial score (nSPS) is 35.5. The van der Waals surface area contributed by atoms with Gasteiger partial charge in [-0.25, -0.2) is 4.79 Å². The number of halogens is 2. The molecule has 0 radical (unpaired) electrons. The minimum atomic E-state index is -1.20. The zero-order valence-corrected chi connectivity index (χ0v) is 8.58. The van der Waals surface area contributed by atoms with Gasteiger partial charge in [0.15, 0.2) is 0 Å². The molecule has 0 bridgehead atoms. The van der Waals surface area contributed by atoms with E-state index >= 15 is 0 Å². The summed E-state index contributed by atoms with van der Waals surface area (Å²) in [7, 11) is 1.40. The van der Waals surface area contributed by atoms with Gasteiger partial charge in [0.05, 0.1) is 11.1 Å². The number of hydrogen-bond donors (Lipinski definition) is 1. The molecule has 3 atom stereocenters. The van der Waals surface area contributed by atoms with Crippen molar-refractivity contribution < 1.29 is 31.4 Å². The Balaban J connectivity index is 0.000000853. The Labute approximate surface area is 91.5 Å². The summed E-state index contributed by atoms with van der Waals surface area (Å²) in [6, 6.07) is 6.92. The summed E-state index contributed by atoms with van der Waals surface area (Å²) < 4.78 is 18.3. The number of hydrogen-bond acceptors (Lipinski definition) is 3. The summed E-state index contributed by atoms with van der Waals surface area (Å²) >= 11 is 0. The van der Waals surface area contributed by atoms with Crippen molar-refractivity contribution in [3.05, 3.63) is 35.4 Å². The Morgan fingerprint density at radius 2 is 2.13 bits per heavy atom. The average molecular weight is 231 g/mol. The first kappa shape index (κ1) is 10.5. The fourth-order valence-corrected chi connectivity index (χ4v) is 2.08. The summed E-state index contributed by atoms with van der Waals surface area (Å²) in [5.41, 5.74) is 1.14.